The number of nitrogens with zero attached hydrogens (tertiary/aromatic N) is 4. The van der Waals surface area contributed by atoms with Crippen molar-refractivity contribution in [3.8, 4) is 5.69 Å². The molecule has 0 N–H and O–H groups in total. The molecular formula is C18H20ClF3N4O2. The van der Waals surface area contributed by atoms with Crippen molar-refractivity contribution in [1.82, 2.24) is 14.7 Å². The van der Waals surface area contributed by atoms with Gasteiger partial charge in [-0.15, -0.1) is 0 Å². The minimum Gasteiger partial charge on any atom is -0.373 e. The number of anilines is 1. The molecule has 3 rings (SSSR count). The molecule has 0 saturated carbocycles. The maximum absolute atomic E-state index is 12.9. The Bertz CT molecular complexity index is 901. The second kappa shape index (κ2) is 8.10. The largest absolute Gasteiger partial charge is 0.416 e. The molecule has 1 unspecified atom stereocenters. The van der Waals surface area contributed by atoms with Crippen LogP contribution in [0.1, 0.15) is 5.56 Å². The van der Waals surface area contributed by atoms with Crippen LogP contribution in [0.4, 0.5) is 18.9 Å². The van der Waals surface area contributed by atoms with Gasteiger partial charge in [-0.25, -0.2) is 0 Å². The fraction of sp³-hybridized carbons (Fsp3) is 0.444. The maximum atomic E-state index is 12.9. The first kappa shape index (κ1) is 20.6. The molecule has 1 aliphatic heterocycles. The second-order valence-corrected chi connectivity index (χ2v) is 7.19. The number of hydrogen-bond donors (Lipinski definition) is 0. The van der Waals surface area contributed by atoms with Crippen molar-refractivity contribution in [2.75, 3.05) is 45.2 Å². The average molecular weight is 417 g/mol. The third kappa shape index (κ3) is 4.48. The first-order chi connectivity index (χ1) is 13.2. The molecule has 1 atom stereocenters. The molecule has 10 heteroatoms. The monoisotopic (exact) mass is 416 g/mol. The van der Waals surface area contributed by atoms with Crippen molar-refractivity contribution in [2.24, 2.45) is 0 Å². The molecule has 6 nitrogen and oxygen atoms in total. The van der Waals surface area contributed by atoms with Crippen LogP contribution in [0, 0.1) is 0 Å². The molecule has 1 aromatic carbocycles. The highest BCUT2D eigenvalue weighted by atomic mass is 35.5. The third-order valence-electron chi connectivity index (χ3n) is 4.37. The molecule has 1 aliphatic rings. The zero-order valence-electron chi connectivity index (χ0n) is 15.4. The first-order valence-corrected chi connectivity index (χ1v) is 9.01. The number of alkyl halides is 3. The summed E-state index contributed by atoms with van der Waals surface area (Å²) in [6, 6.07) is 4.40. The van der Waals surface area contributed by atoms with Crippen LogP contribution in [-0.2, 0) is 10.9 Å². The number of aromatic nitrogens is 2. The third-order valence-corrected chi connectivity index (χ3v) is 4.72. The van der Waals surface area contributed by atoms with E-state index in [1.807, 2.05) is 23.9 Å². The number of likely N-dealkylation sites (N-methyl/N-ethyl adjacent to an activating group) is 1. The number of ether oxygens (including phenoxy) is 1. The van der Waals surface area contributed by atoms with Crippen molar-refractivity contribution < 1.29 is 17.9 Å². The van der Waals surface area contributed by atoms with Gasteiger partial charge in [0.15, 0.2) is 0 Å². The Morgan fingerprint density at radius 2 is 2.11 bits per heavy atom. The van der Waals surface area contributed by atoms with Crippen molar-refractivity contribution >= 4 is 17.3 Å². The Balaban J connectivity index is 1.91. The summed E-state index contributed by atoms with van der Waals surface area (Å²) in [6.45, 7) is 2.26. The summed E-state index contributed by atoms with van der Waals surface area (Å²) in [5, 5.41) is 3.97. The van der Waals surface area contributed by atoms with Gasteiger partial charge in [-0.3, -0.25) is 4.79 Å². The van der Waals surface area contributed by atoms with Crippen molar-refractivity contribution in [3.63, 3.8) is 0 Å². The summed E-state index contributed by atoms with van der Waals surface area (Å²) in [5.74, 6) is 0. The van der Waals surface area contributed by atoms with E-state index in [4.69, 9.17) is 16.3 Å². The van der Waals surface area contributed by atoms with Gasteiger partial charge in [0.25, 0.3) is 5.56 Å². The fourth-order valence-corrected chi connectivity index (χ4v) is 3.35. The minimum atomic E-state index is -4.52. The van der Waals surface area contributed by atoms with Gasteiger partial charge in [-0.1, -0.05) is 17.7 Å². The van der Waals surface area contributed by atoms with Crippen LogP contribution in [0.15, 0.2) is 35.3 Å². The van der Waals surface area contributed by atoms with Gasteiger partial charge in [0, 0.05) is 19.6 Å². The van der Waals surface area contributed by atoms with Gasteiger partial charge in [-0.05, 0) is 32.3 Å². The summed E-state index contributed by atoms with van der Waals surface area (Å²) < 4.78 is 45.4. The second-order valence-electron chi connectivity index (χ2n) is 6.81. The van der Waals surface area contributed by atoms with Crippen molar-refractivity contribution in [1.29, 1.82) is 0 Å². The number of benzene rings is 1. The molecule has 0 radical (unpaired) electrons. The zero-order chi connectivity index (χ0) is 20.5. The summed E-state index contributed by atoms with van der Waals surface area (Å²) in [5.41, 5.74) is -1.09. The van der Waals surface area contributed by atoms with Gasteiger partial charge in [-0.2, -0.15) is 23.0 Å². The lowest BCUT2D eigenvalue weighted by Crippen LogP contribution is -2.47. The van der Waals surface area contributed by atoms with Gasteiger partial charge in [0.2, 0.25) is 0 Å². The zero-order valence-corrected chi connectivity index (χ0v) is 16.2. The van der Waals surface area contributed by atoms with Crippen LogP contribution >= 0.6 is 11.6 Å². The lowest BCUT2D eigenvalue weighted by molar-refractivity contribution is -0.137. The molecule has 0 amide bonds. The van der Waals surface area contributed by atoms with Crippen LogP contribution < -0.4 is 10.5 Å². The first-order valence-electron chi connectivity index (χ1n) is 8.63. The molecule has 2 heterocycles. The van der Waals surface area contributed by atoms with E-state index in [0.717, 1.165) is 16.8 Å². The van der Waals surface area contributed by atoms with Gasteiger partial charge in [0.1, 0.15) is 5.02 Å². The van der Waals surface area contributed by atoms with Crippen LogP contribution in [0.2, 0.25) is 5.02 Å². The molecular weight excluding hydrogens is 397 g/mol. The van der Waals surface area contributed by atoms with Gasteiger partial charge < -0.3 is 14.5 Å². The van der Waals surface area contributed by atoms with Crippen LogP contribution in [0.3, 0.4) is 0 Å². The van der Waals surface area contributed by atoms with Crippen molar-refractivity contribution in [2.45, 2.75) is 12.3 Å². The lowest BCUT2D eigenvalue weighted by Gasteiger charge is -2.35. The number of hydrogen-bond acceptors (Lipinski definition) is 5. The summed E-state index contributed by atoms with van der Waals surface area (Å²) in [6.07, 6.45) is -3.16. The normalized spacial score (nSPS) is 18.0. The van der Waals surface area contributed by atoms with Gasteiger partial charge in [0.05, 0.1) is 35.8 Å². The molecule has 1 saturated heterocycles. The van der Waals surface area contributed by atoms with Crippen molar-refractivity contribution in [3.05, 3.63) is 51.4 Å². The standard InChI is InChI=1S/C18H20ClF3N4O2/c1-24(2)10-14-11-25(6-7-28-14)15-9-23-26(17(27)16(15)19)13-5-3-4-12(8-13)18(20,21)22/h3-5,8-9,14H,6-7,10-11H2,1-2H3. The highest BCUT2D eigenvalue weighted by molar-refractivity contribution is 6.33. The summed E-state index contributed by atoms with van der Waals surface area (Å²) in [4.78, 5) is 16.6. The molecule has 1 aromatic heterocycles. The van der Waals surface area contributed by atoms with E-state index >= 15 is 0 Å². The SMILES string of the molecule is CN(C)CC1CN(c2cnn(-c3cccc(C(F)(F)F)c3)c(=O)c2Cl)CCO1. The molecule has 0 bridgehead atoms. The molecule has 152 valence electrons. The van der Waals surface area contributed by atoms with E-state index in [9.17, 15) is 18.0 Å². The lowest BCUT2D eigenvalue weighted by atomic mass is 10.2. The van der Waals surface area contributed by atoms with E-state index in [1.165, 1.54) is 18.3 Å². The van der Waals surface area contributed by atoms with E-state index < -0.39 is 17.3 Å². The minimum absolute atomic E-state index is 0.000682. The quantitative estimate of drug-likeness (QED) is 0.767. The Morgan fingerprint density at radius 1 is 1.36 bits per heavy atom. The molecule has 0 aliphatic carbocycles. The Kier molecular flexibility index (Phi) is 5.97. The molecule has 28 heavy (non-hydrogen) atoms. The average Bonchev–Trinajstić information content (AvgIpc) is 2.63. The topological polar surface area (TPSA) is 50.6 Å². The fourth-order valence-electron chi connectivity index (χ4n) is 3.10. The molecule has 1 fully saturated rings. The molecule has 0 spiro atoms. The summed E-state index contributed by atoms with van der Waals surface area (Å²) >= 11 is 6.28. The highest BCUT2D eigenvalue weighted by Crippen LogP contribution is 2.30. The van der Waals surface area contributed by atoms with Gasteiger partial charge >= 0.3 is 6.18 Å². The number of rotatable bonds is 4. The predicted molar refractivity (Wildman–Crippen MR) is 100 cm³/mol. The van der Waals surface area contributed by atoms with E-state index in [0.29, 0.717) is 31.9 Å². The predicted octanol–water partition coefficient (Wildman–Crippen LogP) is 2.67. The number of morpholine rings is 1. The highest BCUT2D eigenvalue weighted by Gasteiger charge is 2.31. The van der Waals surface area contributed by atoms with E-state index in [1.54, 1.807) is 0 Å². The number of halogens is 4. The Hall–Kier alpha value is -2.10. The Labute approximate surface area is 165 Å². The van der Waals surface area contributed by atoms with E-state index in [-0.39, 0.29) is 16.8 Å². The van der Waals surface area contributed by atoms with Crippen LogP contribution in [-0.4, -0.2) is 61.1 Å². The summed E-state index contributed by atoms with van der Waals surface area (Å²) in [7, 11) is 3.88. The maximum Gasteiger partial charge on any atom is 0.416 e. The smallest absolute Gasteiger partial charge is 0.373 e. The van der Waals surface area contributed by atoms with Crippen LogP contribution in [0.25, 0.3) is 5.69 Å². The van der Waals surface area contributed by atoms with Crippen LogP contribution in [0.5, 0.6) is 0 Å². The Morgan fingerprint density at radius 3 is 2.79 bits per heavy atom. The van der Waals surface area contributed by atoms with E-state index in [2.05, 4.69) is 5.10 Å². The molecule has 2 aromatic rings.